The van der Waals surface area contributed by atoms with Gasteiger partial charge in [0.1, 0.15) is 0 Å². The van der Waals surface area contributed by atoms with E-state index < -0.39 is 0 Å². The highest BCUT2D eigenvalue weighted by Gasteiger charge is 2.23. The van der Waals surface area contributed by atoms with Gasteiger partial charge in [0.25, 0.3) is 0 Å². The van der Waals surface area contributed by atoms with Gasteiger partial charge in [0.2, 0.25) is 0 Å². The predicted molar refractivity (Wildman–Crippen MR) is 316 cm³/mol. The zero-order chi connectivity index (χ0) is 48.0. The molecular weight excluding hydrogens is 923 g/mol. The fourth-order valence-corrected chi connectivity index (χ4v) is 13.6. The number of fused-ring (bicyclic) bond motifs is 12. The van der Waals surface area contributed by atoms with Gasteiger partial charge in [-0.05, 0) is 143 Å². The lowest BCUT2D eigenvalue weighted by Gasteiger charge is -2.30. The molecular formula is C68H43N3S2. The van der Waals surface area contributed by atoms with Crippen molar-refractivity contribution in [1.82, 2.24) is 4.57 Å². The molecule has 0 unspecified atom stereocenters. The Morgan fingerprint density at radius 1 is 0.260 bits per heavy atom. The number of rotatable bonds is 8. The molecule has 3 aromatic heterocycles. The predicted octanol–water partition coefficient (Wildman–Crippen LogP) is 20.4. The number of anilines is 6. The summed E-state index contributed by atoms with van der Waals surface area (Å²) in [5, 5.41) is 12.5. The second-order valence-corrected chi connectivity index (χ2v) is 21.1. The van der Waals surface area contributed by atoms with Crippen LogP contribution in [-0.2, 0) is 0 Å². The highest BCUT2D eigenvalue weighted by atomic mass is 32.1. The van der Waals surface area contributed by atoms with Crippen LogP contribution in [0, 0.1) is 0 Å². The molecule has 0 radical (unpaired) electrons. The van der Waals surface area contributed by atoms with Gasteiger partial charge >= 0.3 is 0 Å². The molecule has 0 saturated heterocycles. The van der Waals surface area contributed by atoms with Crippen LogP contribution >= 0.6 is 22.7 Å². The van der Waals surface area contributed by atoms with Gasteiger partial charge in [0, 0.05) is 90.6 Å². The topological polar surface area (TPSA) is 11.4 Å². The van der Waals surface area contributed by atoms with Crippen LogP contribution in [0.1, 0.15) is 0 Å². The van der Waals surface area contributed by atoms with E-state index in [0.29, 0.717) is 0 Å². The fourth-order valence-electron chi connectivity index (χ4n) is 11.4. The maximum absolute atomic E-state index is 2.48. The fraction of sp³-hybridized carbons (Fsp3) is 0. The molecule has 0 fully saturated rings. The van der Waals surface area contributed by atoms with Crippen LogP contribution in [0.25, 0.3) is 101 Å². The van der Waals surface area contributed by atoms with Gasteiger partial charge in [-0.15, -0.1) is 22.7 Å². The Morgan fingerprint density at radius 2 is 0.753 bits per heavy atom. The minimum absolute atomic E-state index is 1.06. The number of thiophene rings is 2. The molecule has 0 spiro atoms. The minimum Gasteiger partial charge on any atom is -0.310 e. The summed E-state index contributed by atoms with van der Waals surface area (Å²) in [5.74, 6) is 0. The SMILES string of the molecule is c1ccc(N(c2cc(-c3ccc4c(c3)c3c5ccccc5ccc3n4-c3cccc4ccccc34)cc(N(c3ccccc3)c3ccc4sc5ccccc5c4c3)c2)c2ccc3sc4ccccc4c3c2)cc1. The van der Waals surface area contributed by atoms with E-state index in [4.69, 9.17) is 0 Å². The van der Waals surface area contributed by atoms with Crippen molar-refractivity contribution in [2.24, 2.45) is 0 Å². The van der Waals surface area contributed by atoms with Crippen LogP contribution in [-0.4, -0.2) is 4.57 Å². The van der Waals surface area contributed by atoms with Crippen molar-refractivity contribution in [3.63, 3.8) is 0 Å². The van der Waals surface area contributed by atoms with E-state index >= 15 is 0 Å². The van der Waals surface area contributed by atoms with E-state index in [1.54, 1.807) is 0 Å². The van der Waals surface area contributed by atoms with Gasteiger partial charge in [-0.2, -0.15) is 0 Å². The zero-order valence-corrected chi connectivity index (χ0v) is 41.1. The first-order valence-corrected chi connectivity index (χ1v) is 26.4. The van der Waals surface area contributed by atoms with Crippen molar-refractivity contribution >= 4 is 140 Å². The molecule has 12 aromatic carbocycles. The second kappa shape index (κ2) is 16.8. The first kappa shape index (κ1) is 41.8. The zero-order valence-electron chi connectivity index (χ0n) is 39.5. The smallest absolute Gasteiger partial charge is 0.0547 e. The third-order valence-electron chi connectivity index (χ3n) is 14.7. The summed E-state index contributed by atoms with van der Waals surface area (Å²) < 4.78 is 7.63. The molecule has 0 amide bonds. The Kier molecular flexibility index (Phi) is 9.62. The lowest BCUT2D eigenvalue weighted by atomic mass is 9.98. The Morgan fingerprint density at radius 3 is 1.37 bits per heavy atom. The lowest BCUT2D eigenvalue weighted by Crippen LogP contribution is -2.13. The molecule has 73 heavy (non-hydrogen) atoms. The van der Waals surface area contributed by atoms with Crippen molar-refractivity contribution in [2.45, 2.75) is 0 Å². The first-order chi connectivity index (χ1) is 36.2. The molecule has 0 aliphatic rings. The van der Waals surface area contributed by atoms with Crippen LogP contribution < -0.4 is 9.80 Å². The van der Waals surface area contributed by atoms with Crippen molar-refractivity contribution in [2.75, 3.05) is 9.80 Å². The summed E-state index contributed by atoms with van der Waals surface area (Å²) in [6.45, 7) is 0. The van der Waals surface area contributed by atoms with Gasteiger partial charge in [-0.3, -0.25) is 0 Å². The number of hydrogen-bond acceptors (Lipinski definition) is 4. The third-order valence-corrected chi connectivity index (χ3v) is 17.0. The quantitative estimate of drug-likeness (QED) is 0.150. The summed E-state index contributed by atoms with van der Waals surface area (Å²) >= 11 is 3.71. The molecule has 0 N–H and O–H groups in total. The standard InChI is InChI=1S/C68H43N3S2/c1-3-19-48(20-4-1)69(50-32-36-66-58(42-50)56-25-11-13-28-64(56)72-66)52-38-47(39-53(41-52)70(49-21-5-2-6-22-49)51-33-37-67-59(43-51)57-26-12-14-29-65(57)73-67)46-31-34-62-60(40-46)68-55-24-10-8-17-45(55)30-35-63(68)71(62)61-27-15-18-44-16-7-9-23-54(44)61/h1-43H. The number of aromatic nitrogens is 1. The van der Waals surface area contributed by atoms with Gasteiger partial charge in [-0.1, -0.05) is 146 Å². The van der Waals surface area contributed by atoms with E-state index in [1.165, 1.54) is 89.4 Å². The van der Waals surface area contributed by atoms with E-state index in [2.05, 4.69) is 275 Å². The minimum atomic E-state index is 1.06. The Labute approximate surface area is 429 Å². The van der Waals surface area contributed by atoms with Crippen molar-refractivity contribution in [1.29, 1.82) is 0 Å². The summed E-state index contributed by atoms with van der Waals surface area (Å²) in [6, 6.07) is 96.4. The maximum Gasteiger partial charge on any atom is 0.0547 e. The van der Waals surface area contributed by atoms with Crippen LogP contribution in [0.5, 0.6) is 0 Å². The van der Waals surface area contributed by atoms with Crippen molar-refractivity contribution in [3.8, 4) is 16.8 Å². The van der Waals surface area contributed by atoms with E-state index in [-0.39, 0.29) is 0 Å². The van der Waals surface area contributed by atoms with Crippen molar-refractivity contribution < 1.29 is 0 Å². The molecule has 15 rings (SSSR count). The average molecular weight is 966 g/mol. The third kappa shape index (κ3) is 6.85. The average Bonchev–Trinajstić information content (AvgIpc) is 4.13. The molecule has 0 bridgehead atoms. The maximum atomic E-state index is 2.48. The molecule has 0 atom stereocenters. The van der Waals surface area contributed by atoms with E-state index in [0.717, 1.165) is 45.3 Å². The molecule has 3 heterocycles. The van der Waals surface area contributed by atoms with Crippen LogP contribution in [0.15, 0.2) is 261 Å². The lowest BCUT2D eigenvalue weighted by molar-refractivity contribution is 1.20. The van der Waals surface area contributed by atoms with Crippen molar-refractivity contribution in [3.05, 3.63) is 261 Å². The summed E-state index contributed by atoms with van der Waals surface area (Å²) in [5.41, 5.74) is 12.3. The summed E-state index contributed by atoms with van der Waals surface area (Å²) in [4.78, 5) is 4.88. The molecule has 0 aliphatic carbocycles. The Bertz CT molecular complexity index is 4460. The van der Waals surface area contributed by atoms with Crippen LogP contribution in [0.2, 0.25) is 0 Å². The summed E-state index contributed by atoms with van der Waals surface area (Å²) in [7, 11) is 0. The van der Waals surface area contributed by atoms with Gasteiger partial charge < -0.3 is 14.4 Å². The molecule has 0 aliphatic heterocycles. The van der Waals surface area contributed by atoms with Gasteiger partial charge in [0.05, 0.1) is 16.7 Å². The first-order valence-electron chi connectivity index (χ1n) is 24.8. The monoisotopic (exact) mass is 965 g/mol. The second-order valence-electron chi connectivity index (χ2n) is 18.9. The van der Waals surface area contributed by atoms with Gasteiger partial charge in [0.15, 0.2) is 0 Å². The van der Waals surface area contributed by atoms with Crippen LogP contribution in [0.3, 0.4) is 0 Å². The number of para-hydroxylation sites is 2. The normalized spacial score (nSPS) is 11.8. The molecule has 0 saturated carbocycles. The molecule has 3 nitrogen and oxygen atoms in total. The number of nitrogens with zero attached hydrogens (tertiary/aromatic N) is 3. The van der Waals surface area contributed by atoms with E-state index in [1.807, 2.05) is 22.7 Å². The number of hydrogen-bond donors (Lipinski definition) is 0. The van der Waals surface area contributed by atoms with E-state index in [9.17, 15) is 0 Å². The molecule has 342 valence electrons. The number of benzene rings is 12. The Balaban J connectivity index is 1.02. The van der Waals surface area contributed by atoms with Gasteiger partial charge in [-0.25, -0.2) is 0 Å². The molecule has 15 aromatic rings. The summed E-state index contributed by atoms with van der Waals surface area (Å²) in [6.07, 6.45) is 0. The van der Waals surface area contributed by atoms with Crippen LogP contribution in [0.4, 0.5) is 34.1 Å². The highest BCUT2D eigenvalue weighted by molar-refractivity contribution is 7.26. The Hall–Kier alpha value is -9.00. The molecule has 5 heteroatoms. The largest absolute Gasteiger partial charge is 0.310 e. The highest BCUT2D eigenvalue weighted by Crippen LogP contribution is 2.48.